The molecule has 0 atom stereocenters. The highest BCUT2D eigenvalue weighted by Gasteiger charge is 2.21. The Labute approximate surface area is 224 Å². The fourth-order valence-electron chi connectivity index (χ4n) is 5.01. The Morgan fingerprint density at radius 2 is 1.63 bits per heavy atom. The fraction of sp³-hybridized carbons (Fsp3) is 0.483. The van der Waals surface area contributed by atoms with Gasteiger partial charge in [-0.25, -0.2) is 9.97 Å². The van der Waals surface area contributed by atoms with E-state index in [0.29, 0.717) is 45.1 Å². The van der Waals surface area contributed by atoms with Gasteiger partial charge in [-0.1, -0.05) is 12.1 Å². The molecule has 2 aliphatic heterocycles. The van der Waals surface area contributed by atoms with Crippen molar-refractivity contribution in [2.24, 2.45) is 0 Å². The number of aromatic nitrogens is 2. The molecule has 2 saturated heterocycles. The molecule has 0 unspecified atom stereocenters. The minimum Gasteiger partial charge on any atom is -0.497 e. The van der Waals surface area contributed by atoms with Crippen LogP contribution in [0.1, 0.15) is 12.8 Å². The van der Waals surface area contributed by atoms with Crippen LogP contribution in [0.2, 0.25) is 0 Å². The van der Waals surface area contributed by atoms with Gasteiger partial charge in [0.05, 0.1) is 39.1 Å². The topological polar surface area (TPSA) is 80.3 Å². The number of anilines is 1. The van der Waals surface area contributed by atoms with Gasteiger partial charge in [0.15, 0.2) is 5.82 Å². The number of methoxy groups -OCH3 is 1. The summed E-state index contributed by atoms with van der Waals surface area (Å²) in [5.41, 5.74) is 1.82. The van der Waals surface area contributed by atoms with Crippen LogP contribution in [-0.2, 0) is 14.3 Å². The summed E-state index contributed by atoms with van der Waals surface area (Å²) < 4.78 is 16.3. The zero-order chi connectivity index (χ0) is 26.2. The van der Waals surface area contributed by atoms with Gasteiger partial charge in [0.2, 0.25) is 5.91 Å². The molecule has 38 heavy (non-hydrogen) atoms. The lowest BCUT2D eigenvalue weighted by Crippen LogP contribution is -2.42. The molecule has 3 heterocycles. The summed E-state index contributed by atoms with van der Waals surface area (Å²) in [5.74, 6) is 2.50. The van der Waals surface area contributed by atoms with E-state index in [-0.39, 0.29) is 5.91 Å². The molecule has 5 rings (SSSR count). The Hall–Kier alpha value is -3.27. The van der Waals surface area contributed by atoms with E-state index in [9.17, 15) is 4.79 Å². The Bertz CT molecular complexity index is 1190. The minimum absolute atomic E-state index is 0.167. The molecular formula is C29H37N5O4. The summed E-state index contributed by atoms with van der Waals surface area (Å²) >= 11 is 0. The van der Waals surface area contributed by atoms with E-state index in [1.807, 2.05) is 47.4 Å². The number of fused-ring (bicyclic) bond motifs is 1. The number of morpholine rings is 2. The number of carbonyl (C=O) groups excluding carboxylic acids is 1. The van der Waals surface area contributed by atoms with Gasteiger partial charge in [-0.2, -0.15) is 0 Å². The monoisotopic (exact) mass is 519 g/mol. The Morgan fingerprint density at radius 1 is 0.921 bits per heavy atom. The van der Waals surface area contributed by atoms with Crippen molar-refractivity contribution in [3.63, 3.8) is 0 Å². The quantitative estimate of drug-likeness (QED) is 0.404. The van der Waals surface area contributed by atoms with Crippen molar-refractivity contribution in [1.82, 2.24) is 19.8 Å². The maximum atomic E-state index is 13.0. The second kappa shape index (κ2) is 13.0. The predicted molar refractivity (Wildman–Crippen MR) is 148 cm³/mol. The van der Waals surface area contributed by atoms with Crippen molar-refractivity contribution in [1.29, 1.82) is 0 Å². The highest BCUT2D eigenvalue weighted by Crippen LogP contribution is 2.29. The van der Waals surface area contributed by atoms with Crippen molar-refractivity contribution in [3.8, 4) is 17.1 Å². The third-order valence-corrected chi connectivity index (χ3v) is 7.20. The van der Waals surface area contributed by atoms with Gasteiger partial charge in [0, 0.05) is 63.2 Å². The van der Waals surface area contributed by atoms with Crippen LogP contribution >= 0.6 is 0 Å². The summed E-state index contributed by atoms with van der Waals surface area (Å²) in [6.45, 7) is 8.44. The minimum atomic E-state index is 0.167. The molecule has 9 heteroatoms. The van der Waals surface area contributed by atoms with E-state index in [0.717, 1.165) is 73.8 Å². The molecule has 1 amide bonds. The lowest BCUT2D eigenvalue weighted by atomic mass is 10.1. The molecule has 9 nitrogen and oxygen atoms in total. The largest absolute Gasteiger partial charge is 0.497 e. The van der Waals surface area contributed by atoms with E-state index in [2.05, 4.69) is 15.9 Å². The van der Waals surface area contributed by atoms with Crippen molar-refractivity contribution in [3.05, 3.63) is 48.5 Å². The number of ether oxygens (including phenoxy) is 3. The second-order valence-corrected chi connectivity index (χ2v) is 9.65. The van der Waals surface area contributed by atoms with Crippen LogP contribution in [0.15, 0.2) is 48.5 Å². The maximum Gasteiger partial charge on any atom is 0.224 e. The first kappa shape index (κ1) is 26.3. The first-order valence-corrected chi connectivity index (χ1v) is 13.5. The first-order valence-electron chi connectivity index (χ1n) is 13.5. The summed E-state index contributed by atoms with van der Waals surface area (Å²) in [6, 6.07) is 15.9. The third kappa shape index (κ3) is 6.59. The van der Waals surface area contributed by atoms with E-state index < -0.39 is 0 Å². The molecule has 0 saturated carbocycles. The summed E-state index contributed by atoms with van der Waals surface area (Å²) in [7, 11) is 1.66. The molecule has 1 aromatic heterocycles. The second-order valence-electron chi connectivity index (χ2n) is 9.65. The fourth-order valence-corrected chi connectivity index (χ4v) is 5.01. The number of nitrogens with zero attached hydrogens (tertiary/aromatic N) is 5. The van der Waals surface area contributed by atoms with Crippen LogP contribution in [0, 0.1) is 0 Å². The summed E-state index contributed by atoms with van der Waals surface area (Å²) in [5, 5.41) is 0.995. The molecule has 0 N–H and O–H groups in total. The van der Waals surface area contributed by atoms with Gasteiger partial charge in [0.25, 0.3) is 0 Å². The maximum absolute atomic E-state index is 13.0. The third-order valence-electron chi connectivity index (χ3n) is 7.20. The molecule has 2 fully saturated rings. The molecular weight excluding hydrogens is 482 g/mol. The van der Waals surface area contributed by atoms with Gasteiger partial charge in [0.1, 0.15) is 11.6 Å². The van der Waals surface area contributed by atoms with Crippen LogP contribution < -0.4 is 9.64 Å². The SMILES string of the molecule is COc1ccc(-c2nc(N(CCCN3CCOCC3)CCC(=O)N3CCOCC3)c3ccccc3n2)cc1. The average molecular weight is 520 g/mol. The Morgan fingerprint density at radius 3 is 2.37 bits per heavy atom. The molecule has 0 spiro atoms. The number of hydrogen-bond acceptors (Lipinski definition) is 8. The molecule has 0 bridgehead atoms. The number of para-hydroxylation sites is 1. The molecule has 2 aromatic carbocycles. The van der Waals surface area contributed by atoms with Crippen LogP contribution in [0.3, 0.4) is 0 Å². The smallest absolute Gasteiger partial charge is 0.224 e. The predicted octanol–water partition coefficient (Wildman–Crippen LogP) is 3.08. The van der Waals surface area contributed by atoms with Crippen molar-refractivity contribution in [2.45, 2.75) is 12.8 Å². The average Bonchev–Trinajstić information content (AvgIpc) is 2.99. The molecule has 202 valence electrons. The van der Waals surface area contributed by atoms with Crippen LogP contribution in [-0.4, -0.2) is 105 Å². The Kier molecular flexibility index (Phi) is 9.01. The zero-order valence-electron chi connectivity index (χ0n) is 22.2. The van der Waals surface area contributed by atoms with E-state index in [4.69, 9.17) is 24.2 Å². The highest BCUT2D eigenvalue weighted by molar-refractivity contribution is 5.91. The van der Waals surface area contributed by atoms with Gasteiger partial charge in [-0.3, -0.25) is 9.69 Å². The molecule has 3 aromatic rings. The number of benzene rings is 2. The molecule has 2 aliphatic rings. The van der Waals surface area contributed by atoms with Crippen LogP contribution in [0.4, 0.5) is 5.82 Å². The van der Waals surface area contributed by atoms with E-state index in [1.54, 1.807) is 7.11 Å². The van der Waals surface area contributed by atoms with Crippen molar-refractivity contribution < 1.29 is 19.0 Å². The van der Waals surface area contributed by atoms with E-state index in [1.165, 1.54) is 0 Å². The normalized spacial score (nSPS) is 16.5. The lowest BCUT2D eigenvalue weighted by molar-refractivity contribution is -0.135. The van der Waals surface area contributed by atoms with E-state index >= 15 is 0 Å². The Balaban J connectivity index is 1.41. The van der Waals surface area contributed by atoms with Crippen LogP contribution in [0.25, 0.3) is 22.3 Å². The van der Waals surface area contributed by atoms with Crippen molar-refractivity contribution in [2.75, 3.05) is 84.3 Å². The first-order chi connectivity index (χ1) is 18.7. The van der Waals surface area contributed by atoms with Gasteiger partial charge < -0.3 is 24.0 Å². The number of hydrogen-bond donors (Lipinski definition) is 0. The van der Waals surface area contributed by atoms with Crippen LogP contribution in [0.5, 0.6) is 5.75 Å². The van der Waals surface area contributed by atoms with Gasteiger partial charge >= 0.3 is 0 Å². The van der Waals surface area contributed by atoms with Crippen molar-refractivity contribution >= 4 is 22.6 Å². The standard InChI is InChI=1S/C29H37N5O4/c1-36-24-9-7-23(8-10-24)28-30-26-6-3-2-5-25(26)29(31-28)34(13-4-12-32-15-19-37-20-16-32)14-11-27(35)33-17-21-38-22-18-33/h2-3,5-10H,4,11-22H2,1H3. The van der Waals surface area contributed by atoms with Gasteiger partial charge in [-0.15, -0.1) is 0 Å². The molecule has 0 radical (unpaired) electrons. The summed E-state index contributed by atoms with van der Waals surface area (Å²) in [6.07, 6.45) is 1.41. The number of carbonyl (C=O) groups is 1. The number of amides is 1. The lowest BCUT2D eigenvalue weighted by Gasteiger charge is -2.31. The zero-order valence-corrected chi connectivity index (χ0v) is 22.2. The molecule has 0 aliphatic carbocycles. The summed E-state index contributed by atoms with van der Waals surface area (Å²) in [4.78, 5) is 29.6. The number of rotatable bonds is 10. The highest BCUT2D eigenvalue weighted by atomic mass is 16.5. The van der Waals surface area contributed by atoms with Gasteiger partial charge in [-0.05, 0) is 42.8 Å².